The topological polar surface area (TPSA) is 30.5 Å². The van der Waals surface area contributed by atoms with Crippen molar-refractivity contribution in [3.63, 3.8) is 0 Å². The first-order valence-electron chi connectivity index (χ1n) is 6.30. The number of benzene rings is 1. The van der Waals surface area contributed by atoms with Gasteiger partial charge in [-0.1, -0.05) is 18.1 Å². The van der Waals surface area contributed by atoms with Crippen molar-refractivity contribution < 1.29 is 9.47 Å². The molecule has 0 amide bonds. The van der Waals surface area contributed by atoms with Crippen molar-refractivity contribution in [1.29, 1.82) is 0 Å². The van der Waals surface area contributed by atoms with Crippen LogP contribution in [0.3, 0.4) is 0 Å². The molecule has 0 fully saturated rings. The van der Waals surface area contributed by atoms with Crippen LogP contribution in [-0.2, 0) is 11.3 Å². The molecule has 1 aromatic carbocycles. The molecule has 106 valence electrons. The second kappa shape index (κ2) is 11.9. The van der Waals surface area contributed by atoms with Gasteiger partial charge in [-0.2, -0.15) is 0 Å². The van der Waals surface area contributed by atoms with Gasteiger partial charge in [0.1, 0.15) is 12.4 Å². The fraction of sp³-hybridized carbons (Fsp3) is 0.467. The number of ether oxygens (including phenoxy) is 2. The third-order valence-electron chi connectivity index (χ3n) is 2.40. The average Bonchev–Trinajstić information content (AvgIpc) is 2.41. The Morgan fingerprint density at radius 1 is 1.37 bits per heavy atom. The van der Waals surface area contributed by atoms with E-state index in [0.29, 0.717) is 6.61 Å². The average molecular weight is 284 g/mol. The molecule has 1 rings (SSSR count). The molecule has 0 aliphatic carbocycles. The van der Waals surface area contributed by atoms with E-state index in [1.165, 1.54) is 5.56 Å². The number of terminal acetylenes is 1. The van der Waals surface area contributed by atoms with E-state index in [1.807, 2.05) is 25.1 Å². The Balaban J connectivity index is 0.00000324. The molecule has 0 saturated carbocycles. The fourth-order valence-corrected chi connectivity index (χ4v) is 1.55. The van der Waals surface area contributed by atoms with E-state index in [2.05, 4.69) is 17.3 Å². The van der Waals surface area contributed by atoms with Crippen LogP contribution in [0.15, 0.2) is 24.3 Å². The van der Waals surface area contributed by atoms with Crippen LogP contribution >= 0.6 is 12.4 Å². The minimum Gasteiger partial charge on any atom is -0.481 e. The van der Waals surface area contributed by atoms with E-state index in [1.54, 1.807) is 0 Å². The minimum atomic E-state index is 0. The number of rotatable bonds is 9. The predicted octanol–water partition coefficient (Wildman–Crippen LogP) is 2.64. The Hall–Kier alpha value is -1.21. The van der Waals surface area contributed by atoms with E-state index < -0.39 is 0 Å². The van der Waals surface area contributed by atoms with Crippen LogP contribution in [0.2, 0.25) is 0 Å². The quantitative estimate of drug-likeness (QED) is 0.558. The molecule has 4 heteroatoms. The molecule has 0 atom stereocenters. The molecule has 0 unspecified atom stereocenters. The van der Waals surface area contributed by atoms with Crippen molar-refractivity contribution in [3.05, 3.63) is 29.8 Å². The molecule has 0 heterocycles. The lowest BCUT2D eigenvalue weighted by molar-refractivity contribution is 0.144. The number of hydrogen-bond acceptors (Lipinski definition) is 3. The largest absolute Gasteiger partial charge is 0.481 e. The van der Waals surface area contributed by atoms with Crippen molar-refractivity contribution in [2.75, 3.05) is 26.4 Å². The van der Waals surface area contributed by atoms with Gasteiger partial charge < -0.3 is 14.8 Å². The van der Waals surface area contributed by atoms with E-state index in [-0.39, 0.29) is 12.4 Å². The summed E-state index contributed by atoms with van der Waals surface area (Å²) in [5.41, 5.74) is 1.20. The van der Waals surface area contributed by atoms with Gasteiger partial charge in [-0.05, 0) is 37.6 Å². The molecule has 3 nitrogen and oxygen atoms in total. The lowest BCUT2D eigenvalue weighted by Gasteiger charge is -2.07. The van der Waals surface area contributed by atoms with E-state index in [4.69, 9.17) is 15.9 Å². The molecule has 1 N–H and O–H groups in total. The molecule has 0 spiro atoms. The van der Waals surface area contributed by atoms with Gasteiger partial charge in [-0.3, -0.25) is 0 Å². The van der Waals surface area contributed by atoms with Crippen LogP contribution in [-0.4, -0.2) is 26.4 Å². The number of hydrogen-bond donors (Lipinski definition) is 1. The zero-order chi connectivity index (χ0) is 13.1. The molecule has 0 aliphatic rings. The first kappa shape index (κ1) is 17.8. The van der Waals surface area contributed by atoms with Gasteiger partial charge >= 0.3 is 0 Å². The standard InChI is InChI=1S/C15H21NO2.ClH/c1-3-10-18-15-8-5-7-14(12-15)13-16-9-6-11-17-4-2;/h1,5,7-8,12,16H,4,6,9-11,13H2,2H3;1H. The molecule has 0 bridgehead atoms. The smallest absolute Gasteiger partial charge is 0.148 e. The molecule has 0 aliphatic heterocycles. The van der Waals surface area contributed by atoms with Crippen LogP contribution in [0.25, 0.3) is 0 Å². The minimum absolute atomic E-state index is 0. The van der Waals surface area contributed by atoms with Gasteiger partial charge in [0.15, 0.2) is 0 Å². The summed E-state index contributed by atoms with van der Waals surface area (Å²) in [6.07, 6.45) is 6.18. The summed E-state index contributed by atoms with van der Waals surface area (Å²) in [6.45, 7) is 5.71. The summed E-state index contributed by atoms with van der Waals surface area (Å²) in [5, 5.41) is 3.37. The Kier molecular flexibility index (Phi) is 11.1. The van der Waals surface area contributed by atoms with Gasteiger partial charge in [0.05, 0.1) is 0 Å². The van der Waals surface area contributed by atoms with Crippen molar-refractivity contribution in [2.24, 2.45) is 0 Å². The third kappa shape index (κ3) is 8.50. The van der Waals surface area contributed by atoms with E-state index in [9.17, 15) is 0 Å². The lowest BCUT2D eigenvalue weighted by Crippen LogP contribution is -2.16. The Bertz CT molecular complexity index is 377. The zero-order valence-corrected chi connectivity index (χ0v) is 12.2. The van der Waals surface area contributed by atoms with Gasteiger partial charge in [0, 0.05) is 19.8 Å². The molecule has 0 saturated heterocycles. The fourth-order valence-electron chi connectivity index (χ4n) is 1.55. The maximum atomic E-state index is 5.37. The molecule has 1 aromatic rings. The summed E-state index contributed by atoms with van der Waals surface area (Å²) in [5.74, 6) is 3.28. The lowest BCUT2D eigenvalue weighted by atomic mass is 10.2. The van der Waals surface area contributed by atoms with Crippen LogP contribution in [0, 0.1) is 12.3 Å². The maximum Gasteiger partial charge on any atom is 0.148 e. The van der Waals surface area contributed by atoms with Crippen LogP contribution in [0.4, 0.5) is 0 Å². The maximum absolute atomic E-state index is 5.37. The Morgan fingerprint density at radius 3 is 2.95 bits per heavy atom. The molecular formula is C15H22ClNO2. The highest BCUT2D eigenvalue weighted by Crippen LogP contribution is 2.12. The first-order valence-corrected chi connectivity index (χ1v) is 6.30. The highest BCUT2D eigenvalue weighted by atomic mass is 35.5. The summed E-state index contributed by atoms with van der Waals surface area (Å²) in [4.78, 5) is 0. The van der Waals surface area contributed by atoms with Crippen molar-refractivity contribution in [2.45, 2.75) is 19.9 Å². The van der Waals surface area contributed by atoms with Crippen LogP contribution < -0.4 is 10.1 Å². The van der Waals surface area contributed by atoms with Crippen molar-refractivity contribution in [1.82, 2.24) is 5.32 Å². The number of halogens is 1. The first-order chi connectivity index (χ1) is 8.86. The van der Waals surface area contributed by atoms with Crippen molar-refractivity contribution in [3.8, 4) is 18.1 Å². The molecule has 0 radical (unpaired) electrons. The van der Waals surface area contributed by atoms with E-state index in [0.717, 1.165) is 38.5 Å². The number of nitrogens with one attached hydrogen (secondary N) is 1. The summed E-state index contributed by atoms with van der Waals surface area (Å²) in [6, 6.07) is 7.96. The predicted molar refractivity (Wildman–Crippen MR) is 80.8 cm³/mol. The van der Waals surface area contributed by atoms with Gasteiger partial charge in [0.2, 0.25) is 0 Å². The normalized spacial score (nSPS) is 9.47. The van der Waals surface area contributed by atoms with E-state index >= 15 is 0 Å². The molecule has 0 aromatic heterocycles. The second-order valence-corrected chi connectivity index (χ2v) is 3.87. The third-order valence-corrected chi connectivity index (χ3v) is 2.40. The van der Waals surface area contributed by atoms with Gasteiger partial charge in [0.25, 0.3) is 0 Å². The molecule has 19 heavy (non-hydrogen) atoms. The summed E-state index contributed by atoms with van der Waals surface area (Å²) in [7, 11) is 0. The van der Waals surface area contributed by atoms with Crippen molar-refractivity contribution >= 4 is 12.4 Å². The highest BCUT2D eigenvalue weighted by molar-refractivity contribution is 5.85. The van der Waals surface area contributed by atoms with Gasteiger partial charge in [-0.15, -0.1) is 18.8 Å². The second-order valence-electron chi connectivity index (χ2n) is 3.87. The monoisotopic (exact) mass is 283 g/mol. The van der Waals surface area contributed by atoms with Crippen LogP contribution in [0.1, 0.15) is 18.9 Å². The highest BCUT2D eigenvalue weighted by Gasteiger charge is 1.96. The van der Waals surface area contributed by atoms with Crippen LogP contribution in [0.5, 0.6) is 5.75 Å². The zero-order valence-electron chi connectivity index (χ0n) is 11.4. The SMILES string of the molecule is C#CCOc1cccc(CNCCCOCC)c1.Cl. The Labute approximate surface area is 122 Å². The molecular weight excluding hydrogens is 262 g/mol. The summed E-state index contributed by atoms with van der Waals surface area (Å²) >= 11 is 0. The van der Waals surface area contributed by atoms with Gasteiger partial charge in [-0.25, -0.2) is 0 Å². The Morgan fingerprint density at radius 2 is 2.21 bits per heavy atom. The summed E-state index contributed by atoms with van der Waals surface area (Å²) < 4.78 is 10.6.